The molecule has 1 aromatic carbocycles. The summed E-state index contributed by atoms with van der Waals surface area (Å²) in [5.74, 6) is -2.45. The van der Waals surface area contributed by atoms with Gasteiger partial charge in [-0.05, 0) is 37.2 Å². The van der Waals surface area contributed by atoms with Gasteiger partial charge >= 0.3 is 0 Å². The quantitative estimate of drug-likeness (QED) is 0.506. The number of anilines is 1. The first-order chi connectivity index (χ1) is 13.3. The lowest BCUT2D eigenvalue weighted by atomic mass is 10.2. The molecule has 4 N–H and O–H groups in total. The number of nitrogens with one attached hydrogen (secondary N) is 2. The van der Waals surface area contributed by atoms with Crippen LogP contribution in [0, 0.1) is 11.6 Å². The van der Waals surface area contributed by atoms with E-state index in [1.807, 2.05) is 0 Å². The van der Waals surface area contributed by atoms with Crippen LogP contribution in [0.1, 0.15) is 26.4 Å². The molecule has 0 aliphatic heterocycles. The van der Waals surface area contributed by atoms with Gasteiger partial charge in [0.15, 0.2) is 0 Å². The highest BCUT2D eigenvalue weighted by molar-refractivity contribution is 7.99. The topological polar surface area (TPSA) is 104 Å². The fraction of sp³-hybridized carbons (Fsp3) is 0.118. The molecule has 2 heterocycles. The van der Waals surface area contributed by atoms with Crippen LogP contribution in [-0.4, -0.2) is 33.4 Å². The first-order valence-corrected chi connectivity index (χ1v) is 9.50. The van der Waals surface area contributed by atoms with Gasteiger partial charge in [-0.25, -0.2) is 13.1 Å². The number of amides is 2. The van der Waals surface area contributed by atoms with Gasteiger partial charge in [0.2, 0.25) is 0 Å². The van der Waals surface area contributed by atoms with Crippen molar-refractivity contribution in [3.8, 4) is 0 Å². The molecule has 0 aliphatic rings. The number of nitrogens with two attached hydrogens (primary N) is 1. The van der Waals surface area contributed by atoms with Crippen LogP contribution in [0.5, 0.6) is 0 Å². The van der Waals surface area contributed by atoms with Crippen molar-refractivity contribution in [2.24, 2.45) is 5.73 Å². The zero-order valence-corrected chi connectivity index (χ0v) is 16.2. The van der Waals surface area contributed by atoms with E-state index >= 15 is 0 Å². The molecule has 0 spiro atoms. The predicted octanol–water partition coefficient (Wildman–Crippen LogP) is 3.24. The maximum absolute atomic E-state index is 13.8. The molecule has 0 bridgehead atoms. The number of H-pyrrole nitrogens is 1. The Morgan fingerprint density at radius 3 is 2.75 bits per heavy atom. The second-order valence-electron chi connectivity index (χ2n) is 5.70. The molecule has 0 aliphatic carbocycles. The summed E-state index contributed by atoms with van der Waals surface area (Å²) >= 11 is 2.39. The van der Waals surface area contributed by atoms with E-state index in [4.69, 9.17) is 5.73 Å². The number of nitrogens with zero attached hydrogens (tertiary/aromatic N) is 2. The normalized spacial score (nSPS) is 11.0. The molecular formula is C17H15F2N5O2S2. The summed E-state index contributed by atoms with van der Waals surface area (Å²) in [6.07, 6.45) is 1.50. The summed E-state index contributed by atoms with van der Waals surface area (Å²) in [6, 6.07) is 6.44. The number of hydrogen-bond acceptors (Lipinski definition) is 6. The number of primary amides is 1. The standard InChI is InChI=1S/C17H15F2N5O2S2/c1-24(8-9-2-3-10(18)6-12(9)19)28-14-7-11(15(20)25)17(27-14)22-16(26)13-4-5-21-23-13/h2-7H,8H2,1H3,(H2,20,25)(H,21,23)(H,22,26). The van der Waals surface area contributed by atoms with E-state index < -0.39 is 23.4 Å². The lowest BCUT2D eigenvalue weighted by molar-refractivity contribution is 0.100. The molecule has 0 unspecified atom stereocenters. The molecule has 0 saturated carbocycles. The number of aromatic amines is 1. The van der Waals surface area contributed by atoms with Crippen molar-refractivity contribution >= 4 is 40.1 Å². The molecule has 3 rings (SSSR count). The van der Waals surface area contributed by atoms with E-state index in [1.165, 1.54) is 36.3 Å². The van der Waals surface area contributed by atoms with Gasteiger partial charge < -0.3 is 11.1 Å². The van der Waals surface area contributed by atoms with Crippen molar-refractivity contribution in [3.63, 3.8) is 0 Å². The summed E-state index contributed by atoms with van der Waals surface area (Å²) in [7, 11) is 1.72. The van der Waals surface area contributed by atoms with Crippen LogP contribution in [0.3, 0.4) is 0 Å². The Morgan fingerprint density at radius 1 is 1.32 bits per heavy atom. The number of rotatable bonds is 7. The van der Waals surface area contributed by atoms with E-state index in [1.54, 1.807) is 17.4 Å². The minimum absolute atomic E-state index is 0.165. The molecule has 0 saturated heterocycles. The molecule has 7 nitrogen and oxygen atoms in total. The largest absolute Gasteiger partial charge is 0.366 e. The number of carbonyl (C=O) groups excluding carboxylic acids is 2. The summed E-state index contributed by atoms with van der Waals surface area (Å²) in [5, 5.41) is 9.22. The first-order valence-electron chi connectivity index (χ1n) is 7.91. The van der Waals surface area contributed by atoms with Crippen molar-refractivity contribution in [3.05, 3.63) is 65.0 Å². The fourth-order valence-corrected chi connectivity index (χ4v) is 4.57. The highest BCUT2D eigenvalue weighted by atomic mass is 32.2. The molecule has 146 valence electrons. The molecule has 0 radical (unpaired) electrons. The maximum atomic E-state index is 13.8. The van der Waals surface area contributed by atoms with Gasteiger partial charge in [-0.2, -0.15) is 5.10 Å². The van der Waals surface area contributed by atoms with Crippen LogP contribution in [0.25, 0.3) is 0 Å². The van der Waals surface area contributed by atoms with Crippen LogP contribution in [0.2, 0.25) is 0 Å². The summed E-state index contributed by atoms with van der Waals surface area (Å²) in [5.41, 5.74) is 6.06. The Hall–Kier alpha value is -2.76. The fourth-order valence-electron chi connectivity index (χ4n) is 2.32. The zero-order valence-electron chi connectivity index (χ0n) is 14.5. The van der Waals surface area contributed by atoms with E-state index in [9.17, 15) is 18.4 Å². The van der Waals surface area contributed by atoms with Gasteiger partial charge in [-0.3, -0.25) is 14.7 Å². The monoisotopic (exact) mass is 423 g/mol. The van der Waals surface area contributed by atoms with Gasteiger partial charge in [0.1, 0.15) is 22.3 Å². The number of benzene rings is 1. The number of aromatic nitrogens is 2. The van der Waals surface area contributed by atoms with Crippen LogP contribution in [-0.2, 0) is 6.54 Å². The van der Waals surface area contributed by atoms with Gasteiger partial charge in [0.05, 0.1) is 9.77 Å². The molecular weight excluding hydrogens is 408 g/mol. The second-order valence-corrected chi connectivity index (χ2v) is 8.26. The molecule has 3 aromatic rings. The minimum atomic E-state index is -0.687. The zero-order chi connectivity index (χ0) is 20.3. The highest BCUT2D eigenvalue weighted by Crippen LogP contribution is 2.36. The second kappa shape index (κ2) is 8.50. The summed E-state index contributed by atoms with van der Waals surface area (Å²) < 4.78 is 29.2. The third kappa shape index (κ3) is 4.74. The van der Waals surface area contributed by atoms with Crippen molar-refractivity contribution in [2.45, 2.75) is 10.8 Å². The predicted molar refractivity (Wildman–Crippen MR) is 103 cm³/mol. The molecule has 0 fully saturated rings. The average molecular weight is 423 g/mol. The SMILES string of the molecule is CN(Cc1ccc(F)cc1F)Sc1cc(C(N)=O)c(NC(=O)c2cc[nH]n2)s1. The Bertz CT molecular complexity index is 1010. The van der Waals surface area contributed by atoms with E-state index in [2.05, 4.69) is 15.5 Å². The van der Waals surface area contributed by atoms with Crippen LogP contribution < -0.4 is 11.1 Å². The van der Waals surface area contributed by atoms with E-state index in [-0.39, 0.29) is 17.8 Å². The van der Waals surface area contributed by atoms with E-state index in [0.29, 0.717) is 14.8 Å². The van der Waals surface area contributed by atoms with Crippen molar-refractivity contribution in [1.29, 1.82) is 0 Å². The Balaban J connectivity index is 1.73. The minimum Gasteiger partial charge on any atom is -0.366 e. The van der Waals surface area contributed by atoms with Crippen molar-refractivity contribution in [1.82, 2.24) is 14.5 Å². The van der Waals surface area contributed by atoms with Gasteiger partial charge in [-0.15, -0.1) is 11.3 Å². The Labute approximate surface area is 167 Å². The molecule has 2 aromatic heterocycles. The van der Waals surface area contributed by atoms with Crippen LogP contribution in [0.15, 0.2) is 40.7 Å². The van der Waals surface area contributed by atoms with Gasteiger partial charge in [-0.1, -0.05) is 6.07 Å². The highest BCUT2D eigenvalue weighted by Gasteiger charge is 2.19. The van der Waals surface area contributed by atoms with E-state index in [0.717, 1.165) is 17.4 Å². The summed E-state index contributed by atoms with van der Waals surface area (Å²) in [6.45, 7) is 0.204. The lowest BCUT2D eigenvalue weighted by Gasteiger charge is -2.14. The number of hydrogen-bond donors (Lipinski definition) is 3. The third-order valence-corrected chi connectivity index (χ3v) is 5.65. The smallest absolute Gasteiger partial charge is 0.276 e. The molecule has 0 atom stereocenters. The average Bonchev–Trinajstić information content (AvgIpc) is 3.27. The Kier molecular flexibility index (Phi) is 6.07. The number of halogens is 2. The molecule has 2 amide bonds. The van der Waals surface area contributed by atoms with Crippen molar-refractivity contribution < 1.29 is 18.4 Å². The molecule has 11 heteroatoms. The van der Waals surface area contributed by atoms with Crippen LogP contribution >= 0.6 is 23.3 Å². The lowest BCUT2D eigenvalue weighted by Crippen LogP contribution is -2.16. The molecule has 28 heavy (non-hydrogen) atoms. The number of thiophene rings is 1. The van der Waals surface area contributed by atoms with Crippen LogP contribution in [0.4, 0.5) is 13.8 Å². The van der Waals surface area contributed by atoms with Gasteiger partial charge in [0, 0.05) is 24.4 Å². The summed E-state index contributed by atoms with van der Waals surface area (Å²) in [4.78, 5) is 23.9. The first kappa shape index (κ1) is 20.0. The van der Waals surface area contributed by atoms with Crippen molar-refractivity contribution in [2.75, 3.05) is 12.4 Å². The van der Waals surface area contributed by atoms with Gasteiger partial charge in [0.25, 0.3) is 11.8 Å². The number of carbonyl (C=O) groups is 2. The Morgan fingerprint density at radius 2 is 2.11 bits per heavy atom. The third-order valence-electron chi connectivity index (χ3n) is 3.59. The maximum Gasteiger partial charge on any atom is 0.276 e.